The lowest BCUT2D eigenvalue weighted by atomic mass is 10.1. The molecule has 1 heterocycles. The molecule has 4 N–H and O–H groups in total. The minimum atomic E-state index is -0.569. The van der Waals surface area contributed by atoms with Crippen molar-refractivity contribution >= 4 is 40.8 Å². The van der Waals surface area contributed by atoms with Gasteiger partial charge in [0.1, 0.15) is 5.56 Å². The first-order valence-corrected chi connectivity index (χ1v) is 8.54. The Balaban J connectivity index is 2.07. The summed E-state index contributed by atoms with van der Waals surface area (Å²) in [7, 11) is 0. The van der Waals surface area contributed by atoms with Crippen molar-refractivity contribution in [3.05, 3.63) is 33.9 Å². The van der Waals surface area contributed by atoms with E-state index in [0.717, 1.165) is 17.3 Å². The van der Waals surface area contributed by atoms with Crippen LogP contribution >= 0.6 is 23.5 Å². The van der Waals surface area contributed by atoms with Gasteiger partial charge >= 0.3 is 0 Å². The molecule has 0 saturated carbocycles. The van der Waals surface area contributed by atoms with Gasteiger partial charge in [-0.2, -0.15) is 23.5 Å². The second-order valence-electron chi connectivity index (χ2n) is 4.41. The average Bonchev–Trinajstić information content (AvgIpc) is 2.52. The van der Waals surface area contributed by atoms with E-state index in [2.05, 4.69) is 10.7 Å². The molecule has 0 spiro atoms. The number of nitrogens with zero attached hydrogens (tertiary/aromatic N) is 1. The highest BCUT2D eigenvalue weighted by molar-refractivity contribution is 8.06. The Morgan fingerprint density at radius 1 is 1.48 bits per heavy atom. The lowest BCUT2D eigenvalue weighted by molar-refractivity contribution is -0.385. The van der Waals surface area contributed by atoms with Crippen molar-refractivity contribution in [2.75, 3.05) is 29.2 Å². The van der Waals surface area contributed by atoms with E-state index < -0.39 is 10.8 Å². The first kappa shape index (κ1) is 15.9. The van der Waals surface area contributed by atoms with Gasteiger partial charge in [-0.15, -0.1) is 0 Å². The molecule has 1 aromatic rings. The van der Waals surface area contributed by atoms with Gasteiger partial charge in [-0.05, 0) is 12.1 Å². The van der Waals surface area contributed by atoms with Gasteiger partial charge in [0.15, 0.2) is 0 Å². The molecule has 1 fully saturated rings. The zero-order chi connectivity index (χ0) is 15.2. The van der Waals surface area contributed by atoms with E-state index in [9.17, 15) is 14.9 Å². The van der Waals surface area contributed by atoms with Crippen LogP contribution in [0.15, 0.2) is 18.2 Å². The van der Waals surface area contributed by atoms with E-state index in [-0.39, 0.29) is 11.3 Å². The van der Waals surface area contributed by atoms with Crippen molar-refractivity contribution in [3.8, 4) is 0 Å². The predicted molar refractivity (Wildman–Crippen MR) is 86.8 cm³/mol. The summed E-state index contributed by atoms with van der Waals surface area (Å²) in [5, 5.41) is 14.1. The molecular formula is C12H16N4O3S2. The van der Waals surface area contributed by atoms with E-state index in [1.807, 2.05) is 23.5 Å². The van der Waals surface area contributed by atoms with Crippen molar-refractivity contribution < 1.29 is 9.72 Å². The van der Waals surface area contributed by atoms with Crippen LogP contribution in [0.3, 0.4) is 0 Å². The zero-order valence-electron chi connectivity index (χ0n) is 11.2. The monoisotopic (exact) mass is 328 g/mol. The average molecular weight is 328 g/mol. The molecule has 1 aliphatic heterocycles. The van der Waals surface area contributed by atoms with Crippen LogP contribution < -0.4 is 16.6 Å². The van der Waals surface area contributed by atoms with Crippen LogP contribution in [0.5, 0.6) is 0 Å². The number of nitrogens with one attached hydrogen (secondary N) is 2. The Labute approximate surface area is 130 Å². The molecule has 0 aliphatic carbocycles. The normalized spacial score (nSPS) is 18.0. The fourth-order valence-corrected chi connectivity index (χ4v) is 4.53. The first-order chi connectivity index (χ1) is 10.1. The highest BCUT2D eigenvalue weighted by atomic mass is 32.2. The summed E-state index contributed by atoms with van der Waals surface area (Å²) in [6.45, 7) is 0.508. The Kier molecular flexibility index (Phi) is 5.71. The van der Waals surface area contributed by atoms with Crippen molar-refractivity contribution in [2.24, 2.45) is 5.84 Å². The number of carbonyl (C=O) groups is 1. The van der Waals surface area contributed by atoms with Crippen LogP contribution in [0.2, 0.25) is 0 Å². The number of hydrazine groups is 1. The van der Waals surface area contributed by atoms with Crippen LogP contribution in [0.25, 0.3) is 0 Å². The number of rotatable bonds is 5. The van der Waals surface area contributed by atoms with Crippen LogP contribution in [0.1, 0.15) is 10.4 Å². The lowest BCUT2D eigenvalue weighted by Crippen LogP contribution is -2.33. The molecule has 1 aromatic carbocycles. The number of amides is 1. The molecule has 1 atom stereocenters. The summed E-state index contributed by atoms with van der Waals surface area (Å²) in [6.07, 6.45) is 0. The smallest absolute Gasteiger partial charge is 0.282 e. The molecular weight excluding hydrogens is 312 g/mol. The van der Waals surface area contributed by atoms with Gasteiger partial charge in [0.2, 0.25) is 0 Å². The summed E-state index contributed by atoms with van der Waals surface area (Å²) in [5.41, 5.74) is 2.63. The molecule has 7 nitrogen and oxygen atoms in total. The van der Waals surface area contributed by atoms with E-state index in [1.165, 1.54) is 18.2 Å². The largest absolute Gasteiger partial charge is 0.351 e. The predicted octanol–water partition coefficient (Wildman–Crippen LogP) is 1.46. The van der Waals surface area contributed by atoms with Gasteiger partial charge in [-0.1, -0.05) is 0 Å². The minimum Gasteiger partial charge on any atom is -0.351 e. The molecule has 1 saturated heterocycles. The second kappa shape index (κ2) is 7.53. The molecule has 9 heteroatoms. The zero-order valence-corrected chi connectivity index (χ0v) is 12.8. The minimum absolute atomic E-state index is 0.0175. The molecule has 1 aliphatic rings. The summed E-state index contributed by atoms with van der Waals surface area (Å²) in [5.74, 6) is 8.01. The Hall–Kier alpha value is -1.45. The molecule has 1 unspecified atom stereocenters. The molecule has 0 radical (unpaired) electrons. The van der Waals surface area contributed by atoms with E-state index in [4.69, 9.17) is 5.84 Å². The number of benzene rings is 1. The van der Waals surface area contributed by atoms with Crippen LogP contribution in [0, 0.1) is 10.1 Å². The number of anilines is 1. The molecule has 114 valence electrons. The fourth-order valence-electron chi connectivity index (χ4n) is 1.92. The fraction of sp³-hybridized carbons (Fsp3) is 0.417. The topological polar surface area (TPSA) is 110 Å². The van der Waals surface area contributed by atoms with Gasteiger partial charge in [0.25, 0.3) is 11.6 Å². The van der Waals surface area contributed by atoms with Crippen LogP contribution in [-0.2, 0) is 0 Å². The quantitative estimate of drug-likeness (QED) is 0.426. The van der Waals surface area contributed by atoms with Gasteiger partial charge in [0, 0.05) is 40.8 Å². The van der Waals surface area contributed by atoms with Gasteiger partial charge in [0.05, 0.1) is 4.92 Å². The van der Waals surface area contributed by atoms with Crippen LogP contribution in [0.4, 0.5) is 11.4 Å². The van der Waals surface area contributed by atoms with Crippen molar-refractivity contribution in [1.82, 2.24) is 5.32 Å². The Morgan fingerprint density at radius 2 is 2.29 bits per heavy atom. The number of hydrogen-bond donors (Lipinski definition) is 3. The second-order valence-corrected chi connectivity index (χ2v) is 6.97. The van der Waals surface area contributed by atoms with E-state index >= 15 is 0 Å². The number of nitrogen functional groups attached to an aromatic ring is 1. The molecule has 21 heavy (non-hydrogen) atoms. The van der Waals surface area contributed by atoms with Crippen LogP contribution in [-0.4, -0.2) is 39.9 Å². The number of carbonyl (C=O) groups excluding carboxylic acids is 1. The third-order valence-electron chi connectivity index (χ3n) is 2.98. The third kappa shape index (κ3) is 4.26. The number of hydrogen-bond acceptors (Lipinski definition) is 7. The maximum atomic E-state index is 12.2. The van der Waals surface area contributed by atoms with Gasteiger partial charge in [-0.25, -0.2) is 0 Å². The summed E-state index contributed by atoms with van der Waals surface area (Å²) in [6, 6.07) is 4.12. The summed E-state index contributed by atoms with van der Waals surface area (Å²) in [4.78, 5) is 22.6. The molecule has 0 aromatic heterocycles. The highest BCUT2D eigenvalue weighted by Crippen LogP contribution is 2.24. The molecule has 2 rings (SSSR count). The van der Waals surface area contributed by atoms with Gasteiger partial charge < -0.3 is 10.7 Å². The standard InChI is InChI=1S/C12H16N4O3S2/c13-15-8-1-2-11(16(18)19)10(5-8)12(17)14-6-9-7-20-3-4-21-9/h1-2,5,9,15H,3-4,6-7,13H2,(H,14,17). The maximum absolute atomic E-state index is 12.2. The third-order valence-corrected chi connectivity index (χ3v) is 5.82. The number of thioether (sulfide) groups is 2. The number of nitrogens with two attached hydrogens (primary N) is 1. The highest BCUT2D eigenvalue weighted by Gasteiger charge is 2.22. The van der Waals surface area contributed by atoms with E-state index in [0.29, 0.717) is 17.5 Å². The Morgan fingerprint density at radius 3 is 2.90 bits per heavy atom. The molecule has 0 bridgehead atoms. The Bertz CT molecular complexity index is 535. The number of nitro groups is 1. The van der Waals surface area contributed by atoms with Crippen molar-refractivity contribution in [1.29, 1.82) is 0 Å². The van der Waals surface area contributed by atoms with Gasteiger partial charge in [-0.3, -0.25) is 20.8 Å². The number of nitro benzene ring substituents is 1. The lowest BCUT2D eigenvalue weighted by Gasteiger charge is -2.21. The molecule has 1 amide bonds. The maximum Gasteiger partial charge on any atom is 0.282 e. The SMILES string of the molecule is NNc1ccc([N+](=O)[O-])c(C(=O)NCC2CSCCS2)c1. The first-order valence-electron chi connectivity index (χ1n) is 6.34. The van der Waals surface area contributed by atoms with E-state index in [1.54, 1.807) is 0 Å². The van der Waals surface area contributed by atoms with Crippen molar-refractivity contribution in [2.45, 2.75) is 5.25 Å². The van der Waals surface area contributed by atoms with Crippen molar-refractivity contribution in [3.63, 3.8) is 0 Å². The summed E-state index contributed by atoms with van der Waals surface area (Å²) >= 11 is 3.67. The summed E-state index contributed by atoms with van der Waals surface area (Å²) < 4.78 is 0.